The molecule has 0 radical (unpaired) electrons. The van der Waals surface area contributed by atoms with E-state index in [9.17, 15) is 0 Å². The highest BCUT2D eigenvalue weighted by molar-refractivity contribution is 5.10. The van der Waals surface area contributed by atoms with Crippen molar-refractivity contribution in [2.45, 2.75) is 39.2 Å². The molecule has 2 atom stereocenters. The maximum atomic E-state index is 5.86. The molecule has 4 nitrogen and oxygen atoms in total. The molecule has 0 aromatic carbocycles. The van der Waals surface area contributed by atoms with E-state index in [1.807, 2.05) is 19.9 Å². The first kappa shape index (κ1) is 11.3. The predicted molar refractivity (Wildman–Crippen MR) is 62.3 cm³/mol. The van der Waals surface area contributed by atoms with E-state index in [1.165, 1.54) is 0 Å². The van der Waals surface area contributed by atoms with Crippen LogP contribution in [0.15, 0.2) is 6.07 Å². The molecule has 2 N–H and O–H groups in total. The Morgan fingerprint density at radius 2 is 2.00 bits per heavy atom. The van der Waals surface area contributed by atoms with Crippen LogP contribution < -0.4 is 10.5 Å². The van der Waals surface area contributed by atoms with E-state index in [-0.39, 0.29) is 0 Å². The summed E-state index contributed by atoms with van der Waals surface area (Å²) in [6.45, 7) is 4.59. The molecule has 1 aliphatic carbocycles. The third-order valence-electron chi connectivity index (χ3n) is 2.99. The van der Waals surface area contributed by atoms with Crippen LogP contribution in [0.4, 0.5) is 0 Å². The Balaban J connectivity index is 1.89. The molecule has 88 valence electrons. The van der Waals surface area contributed by atoms with Gasteiger partial charge in [-0.15, -0.1) is 0 Å². The maximum absolute atomic E-state index is 5.86. The molecule has 2 rings (SSSR count). The number of aromatic nitrogens is 2. The molecule has 0 spiro atoms. The lowest BCUT2D eigenvalue weighted by Crippen LogP contribution is -2.17. The molecule has 0 saturated heterocycles. The molecule has 1 fully saturated rings. The van der Waals surface area contributed by atoms with Crippen LogP contribution in [0.25, 0.3) is 0 Å². The minimum atomic E-state index is 0.355. The van der Waals surface area contributed by atoms with Gasteiger partial charge in [0.05, 0.1) is 6.61 Å². The Labute approximate surface area is 96.2 Å². The Hall–Kier alpha value is -1.16. The first-order valence-corrected chi connectivity index (χ1v) is 5.84. The quantitative estimate of drug-likeness (QED) is 0.842. The zero-order chi connectivity index (χ0) is 11.5. The number of ether oxygens (including phenoxy) is 1. The standard InChI is InChI=1S/C12H19N3O/c1-8-5-9(2)15-12(14-8)16-7-10-3-4-11(13)6-10/h5,10-11H,3-4,6-7,13H2,1-2H3/t10-,11+/m0/s1. The summed E-state index contributed by atoms with van der Waals surface area (Å²) in [6.07, 6.45) is 3.33. The van der Waals surface area contributed by atoms with Crippen molar-refractivity contribution in [3.8, 4) is 6.01 Å². The lowest BCUT2D eigenvalue weighted by Gasteiger charge is -2.10. The smallest absolute Gasteiger partial charge is 0.316 e. The van der Waals surface area contributed by atoms with Gasteiger partial charge in [0.25, 0.3) is 0 Å². The summed E-state index contributed by atoms with van der Waals surface area (Å²) < 4.78 is 5.62. The SMILES string of the molecule is Cc1cc(C)nc(OC[C@H]2CC[C@@H](N)C2)n1. The lowest BCUT2D eigenvalue weighted by molar-refractivity contribution is 0.232. The zero-order valence-electron chi connectivity index (χ0n) is 9.94. The molecule has 16 heavy (non-hydrogen) atoms. The van der Waals surface area contributed by atoms with Gasteiger partial charge in [-0.25, -0.2) is 9.97 Å². The number of hydrogen-bond donors (Lipinski definition) is 1. The predicted octanol–water partition coefficient (Wildman–Crippen LogP) is 1.60. The Morgan fingerprint density at radius 1 is 1.31 bits per heavy atom. The summed E-state index contributed by atoms with van der Waals surface area (Å²) in [6, 6.07) is 2.80. The number of rotatable bonds is 3. The summed E-state index contributed by atoms with van der Waals surface area (Å²) >= 11 is 0. The monoisotopic (exact) mass is 221 g/mol. The van der Waals surface area contributed by atoms with Crippen LogP contribution in [0.3, 0.4) is 0 Å². The molecule has 0 bridgehead atoms. The molecular formula is C12H19N3O. The highest BCUT2D eigenvalue weighted by atomic mass is 16.5. The summed E-state index contributed by atoms with van der Waals surface area (Å²) in [5, 5.41) is 0. The van der Waals surface area contributed by atoms with Crippen molar-refractivity contribution in [2.24, 2.45) is 11.7 Å². The molecule has 0 unspecified atom stereocenters. The maximum Gasteiger partial charge on any atom is 0.316 e. The normalized spacial score (nSPS) is 24.7. The van der Waals surface area contributed by atoms with E-state index < -0.39 is 0 Å². The molecular weight excluding hydrogens is 202 g/mol. The molecule has 1 aliphatic rings. The second-order valence-electron chi connectivity index (χ2n) is 4.68. The second kappa shape index (κ2) is 4.78. The van der Waals surface area contributed by atoms with Crippen molar-refractivity contribution in [3.63, 3.8) is 0 Å². The van der Waals surface area contributed by atoms with Crippen LogP contribution >= 0.6 is 0 Å². The Morgan fingerprint density at radius 3 is 2.56 bits per heavy atom. The van der Waals surface area contributed by atoms with Crippen molar-refractivity contribution >= 4 is 0 Å². The molecule has 1 aromatic heterocycles. The van der Waals surface area contributed by atoms with E-state index in [1.54, 1.807) is 0 Å². The van der Waals surface area contributed by atoms with Crippen molar-refractivity contribution in [1.29, 1.82) is 0 Å². The van der Waals surface area contributed by atoms with E-state index in [2.05, 4.69) is 9.97 Å². The first-order valence-electron chi connectivity index (χ1n) is 5.84. The fraction of sp³-hybridized carbons (Fsp3) is 0.667. The molecule has 1 aromatic rings. The largest absolute Gasteiger partial charge is 0.463 e. The Kier molecular flexibility index (Phi) is 3.39. The van der Waals surface area contributed by atoms with Gasteiger partial charge in [0, 0.05) is 17.4 Å². The van der Waals surface area contributed by atoms with Gasteiger partial charge in [0.15, 0.2) is 0 Å². The number of aryl methyl sites for hydroxylation is 2. The van der Waals surface area contributed by atoms with Crippen LogP contribution in [0.2, 0.25) is 0 Å². The van der Waals surface area contributed by atoms with E-state index in [0.29, 0.717) is 24.6 Å². The van der Waals surface area contributed by atoms with Crippen LogP contribution in [0.5, 0.6) is 6.01 Å². The molecule has 0 amide bonds. The average Bonchev–Trinajstić information content (AvgIpc) is 2.60. The van der Waals surface area contributed by atoms with Gasteiger partial charge in [-0.05, 0) is 45.1 Å². The third kappa shape index (κ3) is 2.92. The molecule has 1 heterocycles. The van der Waals surface area contributed by atoms with Gasteiger partial charge in [-0.3, -0.25) is 0 Å². The number of hydrogen-bond acceptors (Lipinski definition) is 4. The van der Waals surface area contributed by atoms with Crippen molar-refractivity contribution in [1.82, 2.24) is 9.97 Å². The van der Waals surface area contributed by atoms with Crippen molar-refractivity contribution < 1.29 is 4.74 Å². The van der Waals surface area contributed by atoms with E-state index >= 15 is 0 Å². The van der Waals surface area contributed by atoms with Crippen molar-refractivity contribution in [3.05, 3.63) is 17.5 Å². The average molecular weight is 221 g/mol. The van der Waals surface area contributed by atoms with Crippen LogP contribution in [-0.2, 0) is 0 Å². The summed E-state index contributed by atoms with van der Waals surface area (Å²) in [4.78, 5) is 8.50. The number of nitrogens with zero attached hydrogens (tertiary/aromatic N) is 2. The van der Waals surface area contributed by atoms with E-state index in [0.717, 1.165) is 30.7 Å². The van der Waals surface area contributed by atoms with Gasteiger partial charge in [0.2, 0.25) is 0 Å². The topological polar surface area (TPSA) is 61.0 Å². The molecule has 1 saturated carbocycles. The van der Waals surface area contributed by atoms with Gasteiger partial charge in [0.1, 0.15) is 0 Å². The van der Waals surface area contributed by atoms with Crippen LogP contribution in [0.1, 0.15) is 30.7 Å². The highest BCUT2D eigenvalue weighted by Crippen LogP contribution is 2.24. The van der Waals surface area contributed by atoms with Gasteiger partial charge in [-0.1, -0.05) is 0 Å². The minimum absolute atomic E-state index is 0.355. The highest BCUT2D eigenvalue weighted by Gasteiger charge is 2.22. The van der Waals surface area contributed by atoms with Crippen molar-refractivity contribution in [2.75, 3.05) is 6.61 Å². The fourth-order valence-corrected chi connectivity index (χ4v) is 2.22. The van der Waals surface area contributed by atoms with Crippen LogP contribution in [0, 0.1) is 19.8 Å². The number of nitrogens with two attached hydrogens (primary N) is 1. The van der Waals surface area contributed by atoms with Gasteiger partial charge < -0.3 is 10.5 Å². The van der Waals surface area contributed by atoms with Gasteiger partial charge >= 0.3 is 6.01 Å². The zero-order valence-corrected chi connectivity index (χ0v) is 9.94. The molecule has 0 aliphatic heterocycles. The second-order valence-corrected chi connectivity index (χ2v) is 4.68. The fourth-order valence-electron chi connectivity index (χ4n) is 2.22. The summed E-state index contributed by atoms with van der Waals surface area (Å²) in [5.74, 6) is 0.569. The molecule has 4 heteroatoms. The third-order valence-corrected chi connectivity index (χ3v) is 2.99. The summed E-state index contributed by atoms with van der Waals surface area (Å²) in [5.41, 5.74) is 7.75. The lowest BCUT2D eigenvalue weighted by atomic mass is 10.1. The first-order chi connectivity index (χ1) is 7.63. The van der Waals surface area contributed by atoms with E-state index in [4.69, 9.17) is 10.5 Å². The minimum Gasteiger partial charge on any atom is -0.463 e. The van der Waals surface area contributed by atoms with Crippen LogP contribution in [-0.4, -0.2) is 22.6 Å². The van der Waals surface area contributed by atoms with Gasteiger partial charge in [-0.2, -0.15) is 0 Å². The Bertz CT molecular complexity index is 347. The summed E-state index contributed by atoms with van der Waals surface area (Å²) in [7, 11) is 0.